The van der Waals surface area contributed by atoms with Gasteiger partial charge < -0.3 is 9.84 Å². The molecule has 2 rings (SSSR count). The van der Waals surface area contributed by atoms with Crippen LogP contribution < -0.4 is 4.74 Å². The van der Waals surface area contributed by atoms with Crippen LogP contribution in [0, 0.1) is 11.6 Å². The van der Waals surface area contributed by atoms with E-state index in [0.717, 1.165) is 12.1 Å². The molecular formula is C12H12F2O3. The van der Waals surface area contributed by atoms with Crippen LogP contribution in [0.15, 0.2) is 12.1 Å². The lowest BCUT2D eigenvalue weighted by molar-refractivity contribution is -0.137. The fourth-order valence-electron chi connectivity index (χ4n) is 2.18. The van der Waals surface area contributed by atoms with Crippen molar-refractivity contribution in [1.29, 1.82) is 0 Å². The molecule has 1 aromatic carbocycles. The molecule has 1 aliphatic rings. The fourth-order valence-corrected chi connectivity index (χ4v) is 2.18. The topological polar surface area (TPSA) is 46.5 Å². The van der Waals surface area contributed by atoms with E-state index in [-0.39, 0.29) is 17.7 Å². The number of carboxylic acid groups (broad SMARTS) is 1. The maximum Gasteiger partial charge on any atom is 0.304 e. The number of halogens is 2. The second-order valence-electron chi connectivity index (χ2n) is 4.32. The second kappa shape index (κ2) is 3.98. The van der Waals surface area contributed by atoms with Gasteiger partial charge in [-0.1, -0.05) is 0 Å². The molecule has 3 nitrogen and oxygen atoms in total. The van der Waals surface area contributed by atoms with Gasteiger partial charge in [0.15, 0.2) is 0 Å². The van der Waals surface area contributed by atoms with Gasteiger partial charge in [0, 0.05) is 23.1 Å². The first kappa shape index (κ1) is 11.8. The largest absolute Gasteiger partial charge is 0.496 e. The summed E-state index contributed by atoms with van der Waals surface area (Å²) in [6.07, 6.45) is 1.00. The molecule has 1 N–H and O–H groups in total. The SMILES string of the molecule is COc1cc(F)cc(F)c1C1(CC(=O)O)CC1. The Labute approximate surface area is 97.0 Å². The van der Waals surface area contributed by atoms with Gasteiger partial charge in [-0.2, -0.15) is 0 Å². The van der Waals surface area contributed by atoms with Crippen LogP contribution in [0.4, 0.5) is 8.78 Å². The van der Waals surface area contributed by atoms with Crippen molar-refractivity contribution in [3.8, 4) is 5.75 Å². The van der Waals surface area contributed by atoms with E-state index in [1.807, 2.05) is 0 Å². The molecule has 1 saturated carbocycles. The number of benzene rings is 1. The van der Waals surface area contributed by atoms with Crippen molar-refractivity contribution in [2.24, 2.45) is 0 Å². The molecule has 92 valence electrons. The van der Waals surface area contributed by atoms with Crippen molar-refractivity contribution in [3.63, 3.8) is 0 Å². The quantitative estimate of drug-likeness (QED) is 0.882. The van der Waals surface area contributed by atoms with Gasteiger partial charge in [-0.15, -0.1) is 0 Å². The van der Waals surface area contributed by atoms with Crippen LogP contribution in [0.1, 0.15) is 24.8 Å². The Balaban J connectivity index is 2.48. The number of ether oxygens (including phenoxy) is 1. The Morgan fingerprint density at radius 1 is 1.47 bits per heavy atom. The van der Waals surface area contributed by atoms with Gasteiger partial charge in [0.2, 0.25) is 0 Å². The van der Waals surface area contributed by atoms with E-state index >= 15 is 0 Å². The fraction of sp³-hybridized carbons (Fsp3) is 0.417. The summed E-state index contributed by atoms with van der Waals surface area (Å²) in [6, 6.07) is 1.85. The zero-order valence-corrected chi connectivity index (χ0v) is 9.30. The zero-order valence-electron chi connectivity index (χ0n) is 9.30. The lowest BCUT2D eigenvalue weighted by Crippen LogP contribution is -2.16. The number of hydrogen-bond acceptors (Lipinski definition) is 2. The van der Waals surface area contributed by atoms with Gasteiger partial charge in [-0.25, -0.2) is 8.78 Å². The minimum atomic E-state index is -0.992. The molecule has 0 spiro atoms. The van der Waals surface area contributed by atoms with Crippen LogP contribution >= 0.6 is 0 Å². The number of aliphatic carboxylic acids is 1. The van der Waals surface area contributed by atoms with Gasteiger partial charge in [0.05, 0.1) is 13.5 Å². The highest BCUT2D eigenvalue weighted by atomic mass is 19.1. The van der Waals surface area contributed by atoms with Crippen molar-refractivity contribution >= 4 is 5.97 Å². The smallest absolute Gasteiger partial charge is 0.304 e. The molecule has 1 aromatic rings. The Bertz CT molecular complexity index is 467. The predicted octanol–water partition coefficient (Wildman–Crippen LogP) is 2.48. The molecule has 0 amide bonds. The van der Waals surface area contributed by atoms with E-state index in [9.17, 15) is 13.6 Å². The number of carbonyl (C=O) groups is 1. The number of carboxylic acids is 1. The first-order valence-corrected chi connectivity index (χ1v) is 5.24. The Hall–Kier alpha value is -1.65. The molecule has 5 heteroatoms. The van der Waals surface area contributed by atoms with Crippen molar-refractivity contribution in [2.75, 3.05) is 7.11 Å². The van der Waals surface area contributed by atoms with Crippen LogP contribution in [0.5, 0.6) is 5.75 Å². The maximum absolute atomic E-state index is 13.8. The van der Waals surface area contributed by atoms with Crippen molar-refractivity contribution in [3.05, 3.63) is 29.3 Å². The summed E-state index contributed by atoms with van der Waals surface area (Å²) in [5.74, 6) is -2.37. The average molecular weight is 242 g/mol. The third-order valence-corrected chi connectivity index (χ3v) is 3.11. The zero-order chi connectivity index (χ0) is 12.6. The summed E-state index contributed by atoms with van der Waals surface area (Å²) in [5.41, 5.74) is -0.543. The minimum absolute atomic E-state index is 0.0845. The maximum atomic E-state index is 13.8. The molecule has 17 heavy (non-hydrogen) atoms. The summed E-state index contributed by atoms with van der Waals surface area (Å²) in [7, 11) is 1.31. The van der Waals surface area contributed by atoms with E-state index in [4.69, 9.17) is 9.84 Å². The second-order valence-corrected chi connectivity index (χ2v) is 4.32. The third kappa shape index (κ3) is 2.09. The van der Waals surface area contributed by atoms with Gasteiger partial charge in [-0.05, 0) is 12.8 Å². The lowest BCUT2D eigenvalue weighted by Gasteiger charge is -2.17. The van der Waals surface area contributed by atoms with Crippen molar-refractivity contribution in [1.82, 2.24) is 0 Å². The third-order valence-electron chi connectivity index (χ3n) is 3.11. The lowest BCUT2D eigenvalue weighted by atomic mass is 9.91. The molecule has 0 unspecified atom stereocenters. The van der Waals surface area contributed by atoms with E-state index < -0.39 is 23.0 Å². The summed E-state index contributed by atoms with van der Waals surface area (Å²) in [5, 5.41) is 8.82. The number of methoxy groups -OCH3 is 1. The molecule has 1 aliphatic carbocycles. The number of hydrogen-bond donors (Lipinski definition) is 1. The highest BCUT2D eigenvalue weighted by Gasteiger charge is 2.49. The van der Waals surface area contributed by atoms with E-state index in [1.165, 1.54) is 7.11 Å². The van der Waals surface area contributed by atoms with E-state index in [1.54, 1.807) is 0 Å². The summed E-state index contributed by atoms with van der Waals surface area (Å²) >= 11 is 0. The van der Waals surface area contributed by atoms with Gasteiger partial charge >= 0.3 is 5.97 Å². The predicted molar refractivity (Wildman–Crippen MR) is 56.1 cm³/mol. The first-order valence-electron chi connectivity index (χ1n) is 5.24. The normalized spacial score (nSPS) is 16.6. The summed E-state index contributed by atoms with van der Waals surface area (Å²) in [6.45, 7) is 0. The molecule has 0 heterocycles. The Morgan fingerprint density at radius 2 is 2.12 bits per heavy atom. The van der Waals surface area contributed by atoms with Crippen molar-refractivity contribution in [2.45, 2.75) is 24.7 Å². The monoisotopic (exact) mass is 242 g/mol. The molecule has 0 aromatic heterocycles. The Kier molecular flexibility index (Phi) is 2.77. The van der Waals surface area contributed by atoms with Gasteiger partial charge in [-0.3, -0.25) is 4.79 Å². The van der Waals surface area contributed by atoms with Crippen LogP contribution in [0.3, 0.4) is 0 Å². The van der Waals surface area contributed by atoms with Crippen molar-refractivity contribution < 1.29 is 23.4 Å². The standard InChI is InChI=1S/C12H12F2O3/c1-17-9-5-7(13)4-8(14)11(9)12(2-3-12)6-10(15)16/h4-5H,2-3,6H2,1H3,(H,15,16). The molecule has 0 saturated heterocycles. The molecule has 0 bridgehead atoms. The van der Waals surface area contributed by atoms with Crippen LogP contribution in [0.25, 0.3) is 0 Å². The molecular weight excluding hydrogens is 230 g/mol. The van der Waals surface area contributed by atoms with Crippen LogP contribution in [0.2, 0.25) is 0 Å². The summed E-state index contributed by atoms with van der Waals surface area (Å²) < 4.78 is 31.7. The summed E-state index contributed by atoms with van der Waals surface area (Å²) in [4.78, 5) is 10.8. The molecule has 0 atom stereocenters. The van der Waals surface area contributed by atoms with E-state index in [0.29, 0.717) is 12.8 Å². The van der Waals surface area contributed by atoms with Crippen LogP contribution in [-0.4, -0.2) is 18.2 Å². The van der Waals surface area contributed by atoms with Gasteiger partial charge in [0.25, 0.3) is 0 Å². The Morgan fingerprint density at radius 3 is 2.59 bits per heavy atom. The highest BCUT2D eigenvalue weighted by molar-refractivity contribution is 5.70. The average Bonchev–Trinajstić information content (AvgIpc) is 2.95. The van der Waals surface area contributed by atoms with Crippen LogP contribution in [-0.2, 0) is 10.2 Å². The molecule has 0 aliphatic heterocycles. The highest BCUT2D eigenvalue weighted by Crippen LogP contribution is 2.54. The first-order chi connectivity index (χ1) is 7.98. The van der Waals surface area contributed by atoms with Gasteiger partial charge in [0.1, 0.15) is 17.4 Å². The number of rotatable bonds is 4. The molecule has 0 radical (unpaired) electrons. The minimum Gasteiger partial charge on any atom is -0.496 e. The van der Waals surface area contributed by atoms with E-state index in [2.05, 4.69) is 0 Å². The molecule has 1 fully saturated rings.